The van der Waals surface area contributed by atoms with E-state index in [4.69, 9.17) is 5.73 Å². The van der Waals surface area contributed by atoms with E-state index in [-0.39, 0.29) is 0 Å². The lowest BCUT2D eigenvalue weighted by atomic mass is 9.91. The molecule has 3 nitrogen and oxygen atoms in total. The van der Waals surface area contributed by atoms with E-state index in [0.29, 0.717) is 17.3 Å². The summed E-state index contributed by atoms with van der Waals surface area (Å²) >= 11 is 1.77. The highest BCUT2D eigenvalue weighted by Gasteiger charge is 2.34. The van der Waals surface area contributed by atoms with E-state index < -0.39 is 0 Å². The second kappa shape index (κ2) is 4.53. The Kier molecular flexibility index (Phi) is 3.34. The SMILES string of the molecule is CCCN[C@@H]1CCC2N=C(N)SC2C1. The third-order valence-corrected chi connectivity index (χ3v) is 4.16. The zero-order valence-electron chi connectivity index (χ0n) is 8.70. The Balaban J connectivity index is 1.82. The summed E-state index contributed by atoms with van der Waals surface area (Å²) in [7, 11) is 0. The third-order valence-electron chi connectivity index (χ3n) is 3.01. The predicted molar refractivity (Wildman–Crippen MR) is 62.7 cm³/mol. The Labute approximate surface area is 89.9 Å². The molecule has 1 heterocycles. The molecule has 0 bridgehead atoms. The van der Waals surface area contributed by atoms with Crippen LogP contribution in [0.3, 0.4) is 0 Å². The highest BCUT2D eigenvalue weighted by atomic mass is 32.2. The Morgan fingerprint density at radius 2 is 2.43 bits per heavy atom. The molecule has 3 N–H and O–H groups in total. The molecule has 4 heteroatoms. The second-order valence-corrected chi connectivity index (χ2v) is 5.41. The lowest BCUT2D eigenvalue weighted by Gasteiger charge is -2.30. The van der Waals surface area contributed by atoms with Gasteiger partial charge in [-0.2, -0.15) is 0 Å². The Hall–Kier alpha value is -0.220. The summed E-state index contributed by atoms with van der Waals surface area (Å²) in [6.07, 6.45) is 4.92. The van der Waals surface area contributed by atoms with Crippen molar-refractivity contribution in [2.24, 2.45) is 10.7 Å². The molecule has 2 rings (SSSR count). The fourth-order valence-electron chi connectivity index (χ4n) is 2.27. The molecular weight excluding hydrogens is 194 g/mol. The molecule has 0 aromatic carbocycles. The highest BCUT2D eigenvalue weighted by Crippen LogP contribution is 2.35. The van der Waals surface area contributed by atoms with Gasteiger partial charge in [0, 0.05) is 11.3 Å². The summed E-state index contributed by atoms with van der Waals surface area (Å²) in [4.78, 5) is 4.45. The van der Waals surface area contributed by atoms with E-state index in [0.717, 1.165) is 11.7 Å². The van der Waals surface area contributed by atoms with Gasteiger partial charge in [0.05, 0.1) is 6.04 Å². The minimum absolute atomic E-state index is 0.514. The lowest BCUT2D eigenvalue weighted by Crippen LogP contribution is -2.39. The maximum absolute atomic E-state index is 5.73. The van der Waals surface area contributed by atoms with Crippen molar-refractivity contribution in [1.29, 1.82) is 0 Å². The molecule has 1 fully saturated rings. The number of aliphatic imine (C=N–C) groups is 1. The molecule has 0 spiro atoms. The van der Waals surface area contributed by atoms with Gasteiger partial charge in [-0.25, -0.2) is 0 Å². The molecule has 0 saturated heterocycles. The first kappa shape index (κ1) is 10.3. The maximum Gasteiger partial charge on any atom is 0.154 e. The number of thioether (sulfide) groups is 1. The quantitative estimate of drug-likeness (QED) is 0.744. The normalized spacial score (nSPS) is 36.6. The number of nitrogens with two attached hydrogens (primary N) is 1. The number of fused-ring (bicyclic) bond motifs is 1. The summed E-state index contributed by atoms with van der Waals surface area (Å²) < 4.78 is 0. The van der Waals surface area contributed by atoms with Crippen molar-refractivity contribution in [3.8, 4) is 0 Å². The molecule has 1 saturated carbocycles. The minimum Gasteiger partial charge on any atom is -0.379 e. The van der Waals surface area contributed by atoms with Crippen molar-refractivity contribution < 1.29 is 0 Å². The molecule has 80 valence electrons. The van der Waals surface area contributed by atoms with Crippen LogP contribution in [0.4, 0.5) is 0 Å². The van der Waals surface area contributed by atoms with Crippen LogP contribution >= 0.6 is 11.8 Å². The van der Waals surface area contributed by atoms with Crippen molar-refractivity contribution in [2.75, 3.05) is 6.54 Å². The third kappa shape index (κ3) is 2.23. The molecule has 14 heavy (non-hydrogen) atoms. The fourth-order valence-corrected chi connectivity index (χ4v) is 3.46. The molecule has 0 radical (unpaired) electrons. The van der Waals surface area contributed by atoms with Crippen molar-refractivity contribution >= 4 is 16.9 Å². The van der Waals surface area contributed by atoms with Crippen LogP contribution in [0.1, 0.15) is 32.6 Å². The Bertz CT molecular complexity index is 229. The van der Waals surface area contributed by atoms with Crippen molar-refractivity contribution in [2.45, 2.75) is 49.9 Å². The molecule has 1 aliphatic heterocycles. The summed E-state index contributed by atoms with van der Waals surface area (Å²) in [5.74, 6) is 0. The van der Waals surface area contributed by atoms with Gasteiger partial charge in [0.2, 0.25) is 0 Å². The Morgan fingerprint density at radius 3 is 3.21 bits per heavy atom. The van der Waals surface area contributed by atoms with Crippen LogP contribution in [0.5, 0.6) is 0 Å². The first-order valence-corrected chi connectivity index (χ1v) is 6.41. The smallest absolute Gasteiger partial charge is 0.154 e. The number of hydrogen-bond acceptors (Lipinski definition) is 4. The monoisotopic (exact) mass is 213 g/mol. The molecular formula is C10H19N3S. The van der Waals surface area contributed by atoms with Crippen LogP contribution in [0.25, 0.3) is 0 Å². The molecule has 2 aliphatic rings. The van der Waals surface area contributed by atoms with Gasteiger partial charge < -0.3 is 11.1 Å². The predicted octanol–water partition coefficient (Wildman–Crippen LogP) is 1.34. The number of amidine groups is 1. The van der Waals surface area contributed by atoms with Crippen LogP contribution < -0.4 is 11.1 Å². The summed E-state index contributed by atoms with van der Waals surface area (Å²) in [6.45, 7) is 3.35. The van der Waals surface area contributed by atoms with Gasteiger partial charge in [0.15, 0.2) is 5.17 Å². The van der Waals surface area contributed by atoms with Gasteiger partial charge >= 0.3 is 0 Å². The van der Waals surface area contributed by atoms with Crippen LogP contribution in [-0.4, -0.2) is 29.0 Å². The average molecular weight is 213 g/mol. The van der Waals surface area contributed by atoms with E-state index in [2.05, 4.69) is 17.2 Å². The van der Waals surface area contributed by atoms with E-state index in [1.165, 1.54) is 25.7 Å². The zero-order chi connectivity index (χ0) is 9.97. The first-order chi connectivity index (χ1) is 6.79. The van der Waals surface area contributed by atoms with E-state index in [1.807, 2.05) is 0 Å². The van der Waals surface area contributed by atoms with Crippen molar-refractivity contribution in [3.05, 3.63) is 0 Å². The minimum atomic E-state index is 0.514. The van der Waals surface area contributed by atoms with Crippen molar-refractivity contribution in [3.63, 3.8) is 0 Å². The summed E-state index contributed by atoms with van der Waals surface area (Å²) in [6, 6.07) is 1.21. The zero-order valence-corrected chi connectivity index (χ0v) is 9.52. The van der Waals surface area contributed by atoms with Gasteiger partial charge in [-0.1, -0.05) is 18.7 Å². The maximum atomic E-state index is 5.73. The van der Waals surface area contributed by atoms with Gasteiger partial charge in [-0.15, -0.1) is 0 Å². The van der Waals surface area contributed by atoms with Crippen molar-refractivity contribution in [1.82, 2.24) is 5.32 Å². The number of nitrogens with zero attached hydrogens (tertiary/aromatic N) is 1. The van der Waals surface area contributed by atoms with Crippen LogP contribution in [0.2, 0.25) is 0 Å². The number of nitrogens with one attached hydrogen (secondary N) is 1. The Morgan fingerprint density at radius 1 is 1.57 bits per heavy atom. The second-order valence-electron chi connectivity index (χ2n) is 4.16. The van der Waals surface area contributed by atoms with Gasteiger partial charge in [-0.3, -0.25) is 4.99 Å². The number of hydrogen-bond donors (Lipinski definition) is 2. The molecule has 2 unspecified atom stereocenters. The first-order valence-electron chi connectivity index (χ1n) is 5.53. The summed E-state index contributed by atoms with van der Waals surface area (Å²) in [5.41, 5.74) is 5.73. The molecule has 0 amide bonds. The lowest BCUT2D eigenvalue weighted by molar-refractivity contribution is 0.356. The van der Waals surface area contributed by atoms with Gasteiger partial charge in [-0.05, 0) is 32.2 Å². The topological polar surface area (TPSA) is 50.4 Å². The average Bonchev–Trinajstić information content (AvgIpc) is 2.54. The molecule has 3 atom stereocenters. The molecule has 0 aromatic heterocycles. The van der Waals surface area contributed by atoms with Gasteiger partial charge in [0.25, 0.3) is 0 Å². The molecule has 0 aromatic rings. The van der Waals surface area contributed by atoms with Crippen LogP contribution in [0.15, 0.2) is 4.99 Å². The van der Waals surface area contributed by atoms with Crippen LogP contribution in [0, 0.1) is 0 Å². The van der Waals surface area contributed by atoms with Crippen LogP contribution in [-0.2, 0) is 0 Å². The van der Waals surface area contributed by atoms with E-state index in [1.54, 1.807) is 11.8 Å². The fraction of sp³-hybridized carbons (Fsp3) is 0.900. The van der Waals surface area contributed by atoms with Gasteiger partial charge in [0.1, 0.15) is 0 Å². The van der Waals surface area contributed by atoms with E-state index in [9.17, 15) is 0 Å². The highest BCUT2D eigenvalue weighted by molar-refractivity contribution is 8.14. The van der Waals surface area contributed by atoms with E-state index >= 15 is 0 Å². The number of rotatable bonds is 3. The standard InChI is InChI=1S/C10H19N3S/c1-2-5-12-7-3-4-8-9(6-7)14-10(11)13-8/h7-9,12H,2-6H2,1H3,(H2,11,13)/t7-,8?,9?/m1/s1. The largest absolute Gasteiger partial charge is 0.379 e. The molecule has 1 aliphatic carbocycles. The summed E-state index contributed by atoms with van der Waals surface area (Å²) in [5, 5.41) is 5.05.